The Morgan fingerprint density at radius 2 is 2.00 bits per heavy atom. The van der Waals surface area contributed by atoms with Crippen LogP contribution in [-0.2, 0) is 9.59 Å². The van der Waals surface area contributed by atoms with Gasteiger partial charge in [-0.25, -0.2) is 0 Å². The quantitative estimate of drug-likeness (QED) is 0.289. The molecular weight excluding hydrogens is 260 g/mol. The summed E-state index contributed by atoms with van der Waals surface area (Å²) in [7, 11) is 0. The molecule has 2 rings (SSSR count). The van der Waals surface area contributed by atoms with E-state index in [0.717, 1.165) is 6.42 Å². The third kappa shape index (κ3) is 2.32. The topological polar surface area (TPSA) is 122 Å². The molecule has 0 radical (unpaired) electrons. The van der Waals surface area contributed by atoms with Gasteiger partial charge in [-0.15, -0.1) is 0 Å². The van der Waals surface area contributed by atoms with Crippen LogP contribution in [0, 0.1) is 17.3 Å². The van der Waals surface area contributed by atoms with Crippen molar-refractivity contribution in [2.75, 3.05) is 13.1 Å². The lowest BCUT2D eigenvalue weighted by molar-refractivity contribution is -0.147. The second-order valence-corrected chi connectivity index (χ2v) is 6.07. The van der Waals surface area contributed by atoms with Gasteiger partial charge >= 0.3 is 0 Å². The van der Waals surface area contributed by atoms with Gasteiger partial charge in [0.2, 0.25) is 11.8 Å². The standard InChI is InChI=1S/C13H22N4O3/c1-8-5-13(6-8,11(15)16-20)12(19)17-4-2-3-9(7-17)10(14)18/h8-9,20H,2-7H2,1H3,(H2,14,18)(H2,15,16). The van der Waals surface area contributed by atoms with Gasteiger partial charge in [0.05, 0.1) is 5.92 Å². The first-order valence-corrected chi connectivity index (χ1v) is 6.97. The van der Waals surface area contributed by atoms with Crippen LogP contribution in [0.1, 0.15) is 32.6 Å². The van der Waals surface area contributed by atoms with Crippen molar-refractivity contribution < 1.29 is 14.8 Å². The summed E-state index contributed by atoms with van der Waals surface area (Å²) in [4.78, 5) is 25.7. The molecule has 0 aromatic carbocycles. The maximum absolute atomic E-state index is 12.7. The monoisotopic (exact) mass is 282 g/mol. The van der Waals surface area contributed by atoms with Gasteiger partial charge in [-0.1, -0.05) is 12.1 Å². The van der Waals surface area contributed by atoms with Gasteiger partial charge in [0.25, 0.3) is 0 Å². The smallest absolute Gasteiger partial charge is 0.236 e. The van der Waals surface area contributed by atoms with E-state index < -0.39 is 5.41 Å². The lowest BCUT2D eigenvalue weighted by Gasteiger charge is -2.47. The van der Waals surface area contributed by atoms with E-state index in [9.17, 15) is 9.59 Å². The molecule has 2 aliphatic rings. The molecule has 1 heterocycles. The normalized spacial score (nSPS) is 34.5. The van der Waals surface area contributed by atoms with Crippen molar-refractivity contribution in [2.45, 2.75) is 32.6 Å². The Morgan fingerprint density at radius 3 is 2.50 bits per heavy atom. The average Bonchev–Trinajstić information content (AvgIpc) is 2.42. The van der Waals surface area contributed by atoms with E-state index in [1.165, 1.54) is 0 Å². The number of carbonyl (C=O) groups excluding carboxylic acids is 2. The number of rotatable bonds is 3. The highest BCUT2D eigenvalue weighted by molar-refractivity contribution is 6.07. The number of hydrogen-bond donors (Lipinski definition) is 3. The Bertz CT molecular complexity index is 443. The van der Waals surface area contributed by atoms with Gasteiger partial charge in [0.15, 0.2) is 5.84 Å². The first-order chi connectivity index (χ1) is 9.40. The number of nitrogens with two attached hydrogens (primary N) is 2. The fourth-order valence-corrected chi connectivity index (χ4v) is 3.42. The Balaban J connectivity index is 2.15. The maximum Gasteiger partial charge on any atom is 0.236 e. The van der Waals surface area contributed by atoms with Crippen molar-refractivity contribution >= 4 is 17.6 Å². The molecule has 2 fully saturated rings. The number of piperidine rings is 1. The van der Waals surface area contributed by atoms with Crippen LogP contribution in [0.4, 0.5) is 0 Å². The first kappa shape index (κ1) is 14.6. The third-order valence-corrected chi connectivity index (χ3v) is 4.51. The predicted octanol–water partition coefficient (Wildman–Crippen LogP) is -0.127. The number of primary amides is 1. The number of likely N-dealkylation sites (tertiary alicyclic amines) is 1. The molecule has 112 valence electrons. The van der Waals surface area contributed by atoms with Crippen LogP contribution < -0.4 is 11.5 Å². The Hall–Kier alpha value is -1.79. The van der Waals surface area contributed by atoms with Crippen LogP contribution in [0.25, 0.3) is 0 Å². The van der Waals surface area contributed by atoms with Gasteiger partial charge in [-0.3, -0.25) is 9.59 Å². The van der Waals surface area contributed by atoms with Gasteiger partial charge in [-0.2, -0.15) is 0 Å². The molecule has 1 aliphatic carbocycles. The summed E-state index contributed by atoms with van der Waals surface area (Å²) in [6, 6.07) is 0. The number of amidine groups is 1. The highest BCUT2D eigenvalue weighted by Gasteiger charge is 2.54. The average molecular weight is 282 g/mol. The van der Waals surface area contributed by atoms with Gasteiger partial charge in [-0.05, 0) is 31.6 Å². The van der Waals surface area contributed by atoms with Crippen LogP contribution in [0.15, 0.2) is 5.16 Å². The summed E-state index contributed by atoms with van der Waals surface area (Å²) in [6.07, 6.45) is 2.63. The summed E-state index contributed by atoms with van der Waals surface area (Å²) in [5, 5.41) is 12.0. The summed E-state index contributed by atoms with van der Waals surface area (Å²) in [5.74, 6) is -0.466. The van der Waals surface area contributed by atoms with Crippen molar-refractivity contribution in [3.8, 4) is 0 Å². The zero-order valence-corrected chi connectivity index (χ0v) is 11.7. The number of carbonyl (C=O) groups is 2. The van der Waals surface area contributed by atoms with Crippen molar-refractivity contribution in [3.63, 3.8) is 0 Å². The van der Waals surface area contributed by atoms with Crippen LogP contribution in [0.5, 0.6) is 0 Å². The lowest BCUT2D eigenvalue weighted by Crippen LogP contribution is -2.59. The van der Waals surface area contributed by atoms with E-state index in [1.807, 2.05) is 6.92 Å². The number of nitrogens with zero attached hydrogens (tertiary/aromatic N) is 2. The van der Waals surface area contributed by atoms with Crippen LogP contribution in [0.2, 0.25) is 0 Å². The molecule has 1 atom stereocenters. The second-order valence-electron chi connectivity index (χ2n) is 6.07. The molecule has 1 unspecified atom stereocenters. The zero-order valence-electron chi connectivity index (χ0n) is 11.7. The molecule has 2 amide bonds. The Labute approximate surface area is 118 Å². The minimum atomic E-state index is -0.895. The summed E-state index contributed by atoms with van der Waals surface area (Å²) < 4.78 is 0. The molecular formula is C13H22N4O3. The van der Waals surface area contributed by atoms with Gasteiger partial charge < -0.3 is 21.6 Å². The predicted molar refractivity (Wildman–Crippen MR) is 72.7 cm³/mol. The Morgan fingerprint density at radius 1 is 1.35 bits per heavy atom. The molecule has 0 bridgehead atoms. The van der Waals surface area contributed by atoms with Crippen LogP contribution >= 0.6 is 0 Å². The molecule has 20 heavy (non-hydrogen) atoms. The molecule has 0 aromatic heterocycles. The van der Waals surface area contributed by atoms with Crippen molar-refractivity contribution in [1.29, 1.82) is 0 Å². The number of hydrogen-bond acceptors (Lipinski definition) is 4. The minimum Gasteiger partial charge on any atom is -0.409 e. The van der Waals surface area contributed by atoms with E-state index in [-0.39, 0.29) is 23.6 Å². The molecule has 0 aromatic rings. The molecule has 0 spiro atoms. The zero-order chi connectivity index (χ0) is 14.9. The first-order valence-electron chi connectivity index (χ1n) is 6.97. The van der Waals surface area contributed by atoms with Crippen molar-refractivity contribution in [2.24, 2.45) is 33.9 Å². The highest BCUT2D eigenvalue weighted by atomic mass is 16.4. The molecule has 1 saturated heterocycles. The fraction of sp³-hybridized carbons (Fsp3) is 0.769. The van der Waals surface area contributed by atoms with Crippen molar-refractivity contribution in [3.05, 3.63) is 0 Å². The maximum atomic E-state index is 12.7. The summed E-state index contributed by atoms with van der Waals surface area (Å²) in [6.45, 7) is 2.96. The van der Waals surface area contributed by atoms with Crippen LogP contribution in [0.3, 0.4) is 0 Å². The highest BCUT2D eigenvalue weighted by Crippen LogP contribution is 2.47. The van der Waals surface area contributed by atoms with E-state index >= 15 is 0 Å². The van der Waals surface area contributed by atoms with Crippen molar-refractivity contribution in [1.82, 2.24) is 4.90 Å². The lowest BCUT2D eigenvalue weighted by atomic mass is 9.61. The molecule has 5 N–H and O–H groups in total. The van der Waals surface area contributed by atoms with Crippen LogP contribution in [-0.4, -0.2) is 40.8 Å². The Kier molecular flexibility index (Phi) is 3.87. The van der Waals surface area contributed by atoms with Gasteiger partial charge in [0, 0.05) is 13.1 Å². The fourth-order valence-electron chi connectivity index (χ4n) is 3.42. The summed E-state index contributed by atoms with van der Waals surface area (Å²) >= 11 is 0. The van der Waals surface area contributed by atoms with E-state index in [2.05, 4.69) is 5.16 Å². The largest absolute Gasteiger partial charge is 0.409 e. The number of oxime groups is 1. The van der Waals surface area contributed by atoms with Gasteiger partial charge in [0.1, 0.15) is 5.41 Å². The SMILES string of the molecule is CC1CC(C(=O)N2CCCC(C(N)=O)C2)(C(N)=NO)C1. The number of amides is 2. The third-order valence-electron chi connectivity index (χ3n) is 4.51. The minimum absolute atomic E-state index is 0.0261. The molecule has 1 saturated carbocycles. The van der Waals surface area contributed by atoms with E-state index in [4.69, 9.17) is 16.7 Å². The van der Waals surface area contributed by atoms with E-state index in [1.54, 1.807) is 4.90 Å². The molecule has 1 aliphatic heterocycles. The molecule has 7 nitrogen and oxygen atoms in total. The summed E-state index contributed by atoms with van der Waals surface area (Å²) in [5.41, 5.74) is 10.2. The molecule has 7 heteroatoms. The van der Waals surface area contributed by atoms with E-state index in [0.29, 0.717) is 38.3 Å². The second kappa shape index (κ2) is 5.30.